The molecule has 0 fully saturated rings. The summed E-state index contributed by atoms with van der Waals surface area (Å²) in [5.41, 5.74) is 0.844. The molecule has 2 heterocycles. The van der Waals surface area contributed by atoms with Crippen LogP contribution in [0.1, 0.15) is 13.3 Å². The number of carbonyl (C=O) groups is 1. The number of aryl methyl sites for hydroxylation is 1. The normalized spacial score (nSPS) is 11.1. The molecule has 5 rings (SSSR count). The molecule has 0 saturated carbocycles. The Bertz CT molecular complexity index is 1430. The predicted molar refractivity (Wildman–Crippen MR) is 139 cm³/mol. The third-order valence-corrected chi connectivity index (χ3v) is 6.67. The molecule has 0 atom stereocenters. The van der Waals surface area contributed by atoms with E-state index >= 15 is 0 Å². The maximum absolute atomic E-state index is 13.3. The number of anilines is 1. The zero-order valence-corrected chi connectivity index (χ0v) is 20.3. The van der Waals surface area contributed by atoms with Gasteiger partial charge < -0.3 is 14.0 Å². The van der Waals surface area contributed by atoms with Crippen LogP contribution in [0.2, 0.25) is 0 Å². The van der Waals surface area contributed by atoms with Crippen molar-refractivity contribution in [2.24, 2.45) is 0 Å². The standard InChI is InChI=1S/C27H26N4O3S/c1-2-33-23-10-11-24-25(17-23)35-27(29-24)31(14-5-13-30-15-12-28-19-30)26(32)18-34-22-9-8-20-6-3-4-7-21(20)16-22/h3-4,6-12,15-17,19H,2,5,13-14,18H2,1H3. The van der Waals surface area contributed by atoms with Gasteiger partial charge >= 0.3 is 0 Å². The van der Waals surface area contributed by atoms with Crippen LogP contribution in [0.5, 0.6) is 11.5 Å². The fourth-order valence-corrected chi connectivity index (χ4v) is 4.94. The number of benzene rings is 3. The Morgan fingerprint density at radius 3 is 2.69 bits per heavy atom. The van der Waals surface area contributed by atoms with Gasteiger partial charge in [-0.1, -0.05) is 41.7 Å². The molecule has 1 amide bonds. The fourth-order valence-electron chi connectivity index (χ4n) is 3.90. The summed E-state index contributed by atoms with van der Waals surface area (Å²) in [7, 11) is 0. The lowest BCUT2D eigenvalue weighted by atomic mass is 10.1. The largest absolute Gasteiger partial charge is 0.494 e. The van der Waals surface area contributed by atoms with Crippen LogP contribution in [-0.4, -0.2) is 40.2 Å². The topological polar surface area (TPSA) is 69.5 Å². The summed E-state index contributed by atoms with van der Waals surface area (Å²) in [4.78, 5) is 23.9. The van der Waals surface area contributed by atoms with Crippen molar-refractivity contribution in [1.82, 2.24) is 14.5 Å². The summed E-state index contributed by atoms with van der Waals surface area (Å²) in [6.07, 6.45) is 6.21. The number of thiazole rings is 1. The minimum Gasteiger partial charge on any atom is -0.494 e. The molecule has 0 aliphatic rings. The molecular weight excluding hydrogens is 460 g/mol. The Hall–Kier alpha value is -3.91. The summed E-state index contributed by atoms with van der Waals surface area (Å²) in [5.74, 6) is 1.33. The molecule has 0 radical (unpaired) electrons. The molecule has 8 heteroatoms. The van der Waals surface area contributed by atoms with E-state index in [9.17, 15) is 4.79 Å². The van der Waals surface area contributed by atoms with Crippen molar-refractivity contribution in [3.63, 3.8) is 0 Å². The molecule has 0 aliphatic heterocycles. The van der Waals surface area contributed by atoms with Gasteiger partial charge in [-0.2, -0.15) is 0 Å². The van der Waals surface area contributed by atoms with E-state index in [0.717, 1.165) is 39.7 Å². The maximum atomic E-state index is 13.3. The SMILES string of the molecule is CCOc1ccc2nc(N(CCCn3ccnc3)C(=O)COc3ccc4ccccc4c3)sc2c1. The Balaban J connectivity index is 1.34. The fraction of sp³-hybridized carbons (Fsp3) is 0.222. The first kappa shape index (κ1) is 22.9. The molecule has 178 valence electrons. The van der Waals surface area contributed by atoms with Crippen LogP contribution in [0.4, 0.5) is 5.13 Å². The highest BCUT2D eigenvalue weighted by atomic mass is 32.1. The van der Waals surface area contributed by atoms with Gasteiger partial charge in [0.1, 0.15) is 11.5 Å². The minimum absolute atomic E-state index is 0.0659. The van der Waals surface area contributed by atoms with Gasteiger partial charge in [0.2, 0.25) is 0 Å². The van der Waals surface area contributed by atoms with Crippen LogP contribution in [0.15, 0.2) is 79.4 Å². The molecule has 0 N–H and O–H groups in total. The monoisotopic (exact) mass is 486 g/mol. The average molecular weight is 487 g/mol. The van der Waals surface area contributed by atoms with Gasteiger partial charge in [0, 0.05) is 25.5 Å². The molecule has 0 bridgehead atoms. The molecule has 35 heavy (non-hydrogen) atoms. The number of imidazole rings is 1. The lowest BCUT2D eigenvalue weighted by Gasteiger charge is -2.20. The summed E-state index contributed by atoms with van der Waals surface area (Å²) in [6, 6.07) is 19.7. The maximum Gasteiger partial charge on any atom is 0.266 e. The van der Waals surface area contributed by atoms with Crippen LogP contribution in [0.3, 0.4) is 0 Å². The number of rotatable bonds is 10. The third-order valence-electron chi connectivity index (χ3n) is 5.63. The number of amides is 1. The molecule has 0 unspecified atom stereocenters. The van der Waals surface area contributed by atoms with Crippen molar-refractivity contribution >= 4 is 43.4 Å². The van der Waals surface area contributed by atoms with Crippen LogP contribution in [0, 0.1) is 0 Å². The molecular formula is C27H26N4O3S. The Morgan fingerprint density at radius 2 is 1.86 bits per heavy atom. The van der Waals surface area contributed by atoms with Crippen LogP contribution in [0.25, 0.3) is 21.0 Å². The second kappa shape index (κ2) is 10.6. The van der Waals surface area contributed by atoms with E-state index in [-0.39, 0.29) is 12.5 Å². The smallest absolute Gasteiger partial charge is 0.266 e. The number of fused-ring (bicyclic) bond motifs is 2. The zero-order valence-electron chi connectivity index (χ0n) is 19.5. The number of hydrogen-bond acceptors (Lipinski definition) is 6. The lowest BCUT2D eigenvalue weighted by Crippen LogP contribution is -2.36. The molecule has 0 spiro atoms. The van der Waals surface area contributed by atoms with Gasteiger partial charge in [-0.3, -0.25) is 9.69 Å². The number of aromatic nitrogens is 3. The number of carbonyl (C=O) groups excluding carboxylic acids is 1. The summed E-state index contributed by atoms with van der Waals surface area (Å²) in [5, 5.41) is 2.87. The summed E-state index contributed by atoms with van der Waals surface area (Å²) in [6.45, 7) is 3.77. The molecule has 0 aliphatic carbocycles. The van der Waals surface area contributed by atoms with Crippen molar-refractivity contribution in [3.05, 3.63) is 79.4 Å². The second-order valence-corrected chi connectivity index (χ2v) is 9.07. The van der Waals surface area contributed by atoms with E-state index in [4.69, 9.17) is 14.5 Å². The van der Waals surface area contributed by atoms with Crippen molar-refractivity contribution in [3.8, 4) is 11.5 Å². The van der Waals surface area contributed by atoms with Gasteiger partial charge in [0.15, 0.2) is 11.7 Å². The van der Waals surface area contributed by atoms with Crippen molar-refractivity contribution in [2.45, 2.75) is 19.9 Å². The first-order valence-electron chi connectivity index (χ1n) is 11.6. The number of hydrogen-bond donors (Lipinski definition) is 0. The summed E-state index contributed by atoms with van der Waals surface area (Å²) >= 11 is 1.48. The molecule has 3 aromatic carbocycles. The van der Waals surface area contributed by atoms with Crippen LogP contribution < -0.4 is 14.4 Å². The van der Waals surface area contributed by atoms with Crippen molar-refractivity contribution < 1.29 is 14.3 Å². The highest BCUT2D eigenvalue weighted by Gasteiger charge is 2.20. The predicted octanol–water partition coefficient (Wildman–Crippen LogP) is 5.55. The van der Waals surface area contributed by atoms with E-state index in [1.54, 1.807) is 17.4 Å². The molecule has 0 saturated heterocycles. The van der Waals surface area contributed by atoms with Gasteiger partial charge in [-0.15, -0.1) is 0 Å². The van der Waals surface area contributed by atoms with Gasteiger partial charge in [0.25, 0.3) is 5.91 Å². The third kappa shape index (κ3) is 5.44. The van der Waals surface area contributed by atoms with Gasteiger partial charge in [-0.05, 0) is 54.4 Å². The van der Waals surface area contributed by atoms with Crippen LogP contribution >= 0.6 is 11.3 Å². The minimum atomic E-state index is -0.132. The van der Waals surface area contributed by atoms with E-state index in [0.29, 0.717) is 24.0 Å². The van der Waals surface area contributed by atoms with Gasteiger partial charge in [-0.25, -0.2) is 9.97 Å². The van der Waals surface area contributed by atoms with E-state index < -0.39 is 0 Å². The first-order chi connectivity index (χ1) is 17.2. The first-order valence-corrected chi connectivity index (χ1v) is 12.4. The van der Waals surface area contributed by atoms with Crippen molar-refractivity contribution in [1.29, 1.82) is 0 Å². The van der Waals surface area contributed by atoms with Crippen LogP contribution in [-0.2, 0) is 11.3 Å². The number of nitrogens with zero attached hydrogens (tertiary/aromatic N) is 4. The second-order valence-electron chi connectivity index (χ2n) is 8.06. The molecule has 2 aromatic heterocycles. The number of ether oxygens (including phenoxy) is 2. The Morgan fingerprint density at radius 1 is 1.03 bits per heavy atom. The van der Waals surface area contributed by atoms with Gasteiger partial charge in [0.05, 0.1) is 23.2 Å². The van der Waals surface area contributed by atoms with E-state index in [1.165, 1.54) is 11.3 Å². The average Bonchev–Trinajstić information content (AvgIpc) is 3.55. The van der Waals surface area contributed by atoms with E-state index in [1.807, 2.05) is 72.3 Å². The highest BCUT2D eigenvalue weighted by Crippen LogP contribution is 2.32. The summed E-state index contributed by atoms with van der Waals surface area (Å²) < 4.78 is 14.5. The van der Waals surface area contributed by atoms with E-state index in [2.05, 4.69) is 11.1 Å². The highest BCUT2D eigenvalue weighted by molar-refractivity contribution is 7.22. The molecule has 7 nitrogen and oxygen atoms in total. The quantitative estimate of drug-likeness (QED) is 0.259. The Kier molecular flexibility index (Phi) is 6.90. The lowest BCUT2D eigenvalue weighted by molar-refractivity contribution is -0.120. The molecule has 5 aromatic rings. The zero-order chi connectivity index (χ0) is 24.0. The Labute approximate surface area is 207 Å². The van der Waals surface area contributed by atoms with Crippen molar-refractivity contribution in [2.75, 3.05) is 24.7 Å².